The highest BCUT2D eigenvalue weighted by molar-refractivity contribution is 7.89. The fourth-order valence-electron chi connectivity index (χ4n) is 2.58. The summed E-state index contributed by atoms with van der Waals surface area (Å²) in [5.74, 6) is -0.0842. The van der Waals surface area contributed by atoms with Crippen LogP contribution < -0.4 is 15.4 Å². The molecule has 1 amide bonds. The lowest BCUT2D eigenvalue weighted by Gasteiger charge is -2.27. The van der Waals surface area contributed by atoms with E-state index in [0.29, 0.717) is 12.1 Å². The summed E-state index contributed by atoms with van der Waals surface area (Å²) < 4.78 is 31.0. The highest BCUT2D eigenvalue weighted by Crippen LogP contribution is 2.26. The lowest BCUT2D eigenvalue weighted by Crippen LogP contribution is -2.46. The minimum absolute atomic E-state index is 0. The maximum absolute atomic E-state index is 12.4. The van der Waals surface area contributed by atoms with E-state index >= 15 is 0 Å². The first-order valence-electron chi connectivity index (χ1n) is 8.18. The molecule has 1 aliphatic rings. The first-order chi connectivity index (χ1) is 11.9. The number of methoxy groups -OCH3 is 1. The molecule has 1 aromatic carbocycles. The molecule has 1 fully saturated rings. The van der Waals surface area contributed by atoms with Crippen LogP contribution in [-0.2, 0) is 10.0 Å². The molecule has 26 heavy (non-hydrogen) atoms. The molecule has 0 saturated carbocycles. The van der Waals surface area contributed by atoms with Gasteiger partial charge in [-0.15, -0.1) is 12.4 Å². The van der Waals surface area contributed by atoms with E-state index in [2.05, 4.69) is 15.5 Å². The third kappa shape index (κ3) is 5.55. The molecule has 0 aromatic heterocycles. The van der Waals surface area contributed by atoms with E-state index in [9.17, 15) is 13.2 Å². The van der Waals surface area contributed by atoms with E-state index < -0.39 is 10.0 Å². The molecule has 10 heteroatoms. The van der Waals surface area contributed by atoms with Crippen molar-refractivity contribution < 1.29 is 17.9 Å². The molecule has 1 aliphatic heterocycles. The van der Waals surface area contributed by atoms with Gasteiger partial charge in [0.1, 0.15) is 10.6 Å². The highest BCUT2D eigenvalue weighted by Gasteiger charge is 2.23. The van der Waals surface area contributed by atoms with Gasteiger partial charge in [-0.3, -0.25) is 9.69 Å². The minimum Gasteiger partial charge on any atom is -0.495 e. The van der Waals surface area contributed by atoms with Crippen molar-refractivity contribution in [2.75, 3.05) is 60.5 Å². The van der Waals surface area contributed by atoms with Crippen molar-refractivity contribution in [3.05, 3.63) is 23.8 Å². The van der Waals surface area contributed by atoms with Crippen LogP contribution in [0.5, 0.6) is 5.75 Å². The number of hydrogen-bond donors (Lipinski definition) is 2. The van der Waals surface area contributed by atoms with Gasteiger partial charge in [-0.25, -0.2) is 12.7 Å². The number of amides is 1. The van der Waals surface area contributed by atoms with Crippen molar-refractivity contribution in [2.24, 2.45) is 0 Å². The van der Waals surface area contributed by atoms with Crippen LogP contribution in [-0.4, -0.2) is 84.0 Å². The molecule has 2 rings (SSSR count). The molecular formula is C16H27ClN4O4S. The fourth-order valence-corrected chi connectivity index (χ4v) is 3.66. The Morgan fingerprint density at radius 1 is 1.31 bits per heavy atom. The molecular weight excluding hydrogens is 380 g/mol. The molecule has 148 valence electrons. The molecule has 2 N–H and O–H groups in total. The lowest BCUT2D eigenvalue weighted by molar-refractivity contribution is 0.0947. The molecule has 0 spiro atoms. The molecule has 0 atom stereocenters. The van der Waals surface area contributed by atoms with Crippen LogP contribution in [0.15, 0.2) is 23.1 Å². The number of carbonyl (C=O) groups is 1. The number of carbonyl (C=O) groups excluding carboxylic acids is 1. The normalized spacial score (nSPS) is 15.4. The zero-order chi connectivity index (χ0) is 18.4. The molecule has 0 radical (unpaired) electrons. The van der Waals surface area contributed by atoms with Gasteiger partial charge in [-0.2, -0.15) is 0 Å². The smallest absolute Gasteiger partial charge is 0.251 e. The zero-order valence-corrected chi connectivity index (χ0v) is 17.0. The van der Waals surface area contributed by atoms with E-state index in [1.807, 2.05) is 0 Å². The quantitative estimate of drug-likeness (QED) is 0.662. The van der Waals surface area contributed by atoms with Crippen LogP contribution in [0.1, 0.15) is 10.4 Å². The van der Waals surface area contributed by atoms with E-state index in [1.165, 1.54) is 33.3 Å². The van der Waals surface area contributed by atoms with Crippen LogP contribution >= 0.6 is 12.4 Å². The second kappa shape index (κ2) is 10.1. The average molecular weight is 407 g/mol. The van der Waals surface area contributed by atoms with Gasteiger partial charge in [0.2, 0.25) is 10.0 Å². The van der Waals surface area contributed by atoms with Gasteiger partial charge in [0.05, 0.1) is 7.11 Å². The number of rotatable bonds is 7. The number of piperazine rings is 1. The van der Waals surface area contributed by atoms with Gasteiger partial charge in [-0.05, 0) is 18.2 Å². The molecule has 1 aromatic rings. The van der Waals surface area contributed by atoms with Crippen molar-refractivity contribution in [1.82, 2.24) is 19.8 Å². The Labute approximate surface area is 161 Å². The first kappa shape index (κ1) is 22.7. The van der Waals surface area contributed by atoms with Crippen molar-refractivity contribution in [1.29, 1.82) is 0 Å². The van der Waals surface area contributed by atoms with Crippen molar-refractivity contribution >= 4 is 28.3 Å². The summed E-state index contributed by atoms with van der Waals surface area (Å²) in [6.45, 7) is 5.12. The maximum atomic E-state index is 12.4. The minimum atomic E-state index is -3.70. The zero-order valence-electron chi connectivity index (χ0n) is 15.3. The van der Waals surface area contributed by atoms with Crippen LogP contribution in [0.25, 0.3) is 0 Å². The van der Waals surface area contributed by atoms with E-state index in [4.69, 9.17) is 4.74 Å². The van der Waals surface area contributed by atoms with Gasteiger partial charge in [0.15, 0.2) is 0 Å². The highest BCUT2D eigenvalue weighted by atomic mass is 35.5. The van der Waals surface area contributed by atoms with Crippen LogP contribution in [0.2, 0.25) is 0 Å². The van der Waals surface area contributed by atoms with Crippen LogP contribution in [0, 0.1) is 0 Å². The number of hydrogen-bond acceptors (Lipinski definition) is 6. The summed E-state index contributed by atoms with van der Waals surface area (Å²) in [4.78, 5) is 14.6. The van der Waals surface area contributed by atoms with Gasteiger partial charge in [0, 0.05) is 58.9 Å². The Morgan fingerprint density at radius 3 is 2.54 bits per heavy atom. The summed E-state index contributed by atoms with van der Waals surface area (Å²) in [6.07, 6.45) is 0. The molecule has 1 heterocycles. The Kier molecular flexibility index (Phi) is 8.78. The standard InChI is InChI=1S/C16H26N4O4S.ClH/c1-19(2)25(22,23)15-12-13(4-5-14(15)24-3)16(21)18-8-11-20-9-6-17-7-10-20;/h4-5,12,17H,6-11H2,1-3H3,(H,18,21);1H. The fraction of sp³-hybridized carbons (Fsp3) is 0.562. The molecule has 0 unspecified atom stereocenters. The first-order valence-corrected chi connectivity index (χ1v) is 9.62. The molecule has 1 saturated heterocycles. The van der Waals surface area contributed by atoms with Crippen molar-refractivity contribution in [3.63, 3.8) is 0 Å². The largest absolute Gasteiger partial charge is 0.495 e. The third-order valence-corrected chi connectivity index (χ3v) is 5.94. The monoisotopic (exact) mass is 406 g/mol. The summed E-state index contributed by atoms with van der Waals surface area (Å²) >= 11 is 0. The van der Waals surface area contributed by atoms with Crippen molar-refractivity contribution in [2.45, 2.75) is 4.90 Å². The van der Waals surface area contributed by atoms with Gasteiger partial charge in [0.25, 0.3) is 5.91 Å². The van der Waals surface area contributed by atoms with Crippen molar-refractivity contribution in [3.8, 4) is 5.75 Å². The summed E-state index contributed by atoms with van der Waals surface area (Å²) in [5, 5.41) is 6.12. The maximum Gasteiger partial charge on any atom is 0.251 e. The summed E-state index contributed by atoms with van der Waals surface area (Å²) in [7, 11) is 0.579. The second-order valence-electron chi connectivity index (χ2n) is 6.00. The number of nitrogens with one attached hydrogen (secondary N) is 2. The summed E-state index contributed by atoms with van der Waals surface area (Å²) in [5.41, 5.74) is 0.293. The summed E-state index contributed by atoms with van der Waals surface area (Å²) in [6, 6.07) is 4.42. The number of halogens is 1. The third-order valence-electron chi connectivity index (χ3n) is 4.11. The number of sulfonamides is 1. The van der Waals surface area contributed by atoms with Gasteiger partial charge >= 0.3 is 0 Å². The Balaban J connectivity index is 0.00000338. The lowest BCUT2D eigenvalue weighted by atomic mass is 10.2. The Hall–Kier alpha value is -1.39. The van der Waals surface area contributed by atoms with Crippen LogP contribution in [0.3, 0.4) is 0 Å². The van der Waals surface area contributed by atoms with Crippen LogP contribution in [0.4, 0.5) is 0 Å². The number of nitrogens with zero attached hydrogens (tertiary/aromatic N) is 2. The molecule has 0 aliphatic carbocycles. The second-order valence-corrected chi connectivity index (χ2v) is 8.12. The molecule has 8 nitrogen and oxygen atoms in total. The van der Waals surface area contributed by atoms with E-state index in [0.717, 1.165) is 37.0 Å². The SMILES string of the molecule is COc1ccc(C(=O)NCCN2CCNCC2)cc1S(=O)(=O)N(C)C.Cl. The van der Waals surface area contributed by atoms with E-state index in [1.54, 1.807) is 6.07 Å². The Bertz CT molecular complexity index is 706. The average Bonchev–Trinajstić information content (AvgIpc) is 2.61. The van der Waals surface area contributed by atoms with Gasteiger partial charge in [-0.1, -0.05) is 0 Å². The Morgan fingerprint density at radius 2 is 1.96 bits per heavy atom. The predicted octanol–water partition coefficient (Wildman–Crippen LogP) is 0.00230. The van der Waals surface area contributed by atoms with Gasteiger partial charge < -0.3 is 15.4 Å². The molecule has 0 bridgehead atoms. The van der Waals surface area contributed by atoms with E-state index in [-0.39, 0.29) is 29.0 Å². The predicted molar refractivity (Wildman–Crippen MR) is 103 cm³/mol. The topological polar surface area (TPSA) is 91.0 Å². The number of ether oxygens (including phenoxy) is 1. The number of benzene rings is 1.